The lowest BCUT2D eigenvalue weighted by atomic mass is 9.97. The highest BCUT2D eigenvalue weighted by molar-refractivity contribution is 5.76. The number of unbranched alkanes of at least 4 members (excludes halogenated alkanes) is 40. The molecule has 76 heavy (non-hydrogen) atoms. The van der Waals surface area contributed by atoms with E-state index in [1.807, 2.05) is 0 Å². The first-order valence-corrected chi connectivity index (χ1v) is 32.3. The highest BCUT2D eigenvalue weighted by atomic mass is 16.7. The predicted octanol–water partition coefficient (Wildman–Crippen LogP) is 11.7. The highest BCUT2D eigenvalue weighted by Gasteiger charge is 2.51. The van der Waals surface area contributed by atoms with Crippen molar-refractivity contribution in [3.63, 3.8) is 0 Å². The quantitative estimate of drug-likeness (QED) is 0.0259. The van der Waals surface area contributed by atoms with Crippen LogP contribution in [0.25, 0.3) is 0 Å². The Balaban J connectivity index is 1.58. The molecule has 2 heterocycles. The predicted molar refractivity (Wildman–Crippen MR) is 305 cm³/mol. The van der Waals surface area contributed by atoms with Gasteiger partial charge in [-0.3, -0.25) is 4.79 Å². The number of nitrogens with one attached hydrogen (secondary N) is 1. The van der Waals surface area contributed by atoms with E-state index in [1.54, 1.807) is 0 Å². The fraction of sp³-hybridized carbons (Fsp3) is 0.984. The Morgan fingerprint density at radius 3 is 1.12 bits per heavy atom. The van der Waals surface area contributed by atoms with Crippen LogP contribution in [0.5, 0.6) is 0 Å². The largest absolute Gasteiger partial charge is 0.394 e. The maximum Gasteiger partial charge on any atom is 0.220 e. The monoisotopic (exact) mass is 1090 g/mol. The first-order valence-electron chi connectivity index (χ1n) is 32.3. The molecule has 0 spiro atoms. The number of hydrogen-bond acceptors (Lipinski definition) is 13. The van der Waals surface area contributed by atoms with E-state index in [-0.39, 0.29) is 12.5 Å². The molecular weight excluding hydrogens is 967 g/mol. The van der Waals surface area contributed by atoms with Gasteiger partial charge in [-0.15, -0.1) is 0 Å². The van der Waals surface area contributed by atoms with E-state index in [9.17, 15) is 45.6 Å². The third-order valence-electron chi connectivity index (χ3n) is 16.3. The molecule has 1 amide bonds. The Morgan fingerprint density at radius 1 is 0.421 bits per heavy atom. The Hall–Kier alpha value is -1.01. The van der Waals surface area contributed by atoms with Gasteiger partial charge in [-0.05, 0) is 12.8 Å². The maximum atomic E-state index is 13.2. The van der Waals surface area contributed by atoms with E-state index in [4.69, 9.17) is 18.9 Å². The summed E-state index contributed by atoms with van der Waals surface area (Å²) in [6.07, 6.45) is 38.7. The van der Waals surface area contributed by atoms with Crippen molar-refractivity contribution in [2.45, 2.75) is 370 Å². The van der Waals surface area contributed by atoms with Gasteiger partial charge in [0.15, 0.2) is 12.6 Å². The summed E-state index contributed by atoms with van der Waals surface area (Å²) in [5.41, 5.74) is 0. The molecule has 452 valence electrons. The van der Waals surface area contributed by atoms with Gasteiger partial charge in [0.1, 0.15) is 48.8 Å². The Morgan fingerprint density at radius 2 is 0.750 bits per heavy atom. The van der Waals surface area contributed by atoms with Gasteiger partial charge in [0.05, 0.1) is 32.0 Å². The van der Waals surface area contributed by atoms with Gasteiger partial charge in [0, 0.05) is 6.42 Å². The normalized spacial score (nSPS) is 24.8. The number of hydrogen-bond donors (Lipinski definition) is 9. The van der Waals surface area contributed by atoms with Crippen LogP contribution in [0.3, 0.4) is 0 Å². The van der Waals surface area contributed by atoms with Gasteiger partial charge in [-0.1, -0.05) is 277 Å². The third kappa shape index (κ3) is 33.7. The van der Waals surface area contributed by atoms with Crippen molar-refractivity contribution in [1.82, 2.24) is 5.32 Å². The van der Waals surface area contributed by atoms with E-state index in [2.05, 4.69) is 19.2 Å². The van der Waals surface area contributed by atoms with Crippen molar-refractivity contribution >= 4 is 5.91 Å². The lowest BCUT2D eigenvalue weighted by molar-refractivity contribution is -0.359. The van der Waals surface area contributed by atoms with Crippen LogP contribution >= 0.6 is 0 Å². The van der Waals surface area contributed by atoms with Crippen LogP contribution in [-0.4, -0.2) is 140 Å². The maximum absolute atomic E-state index is 13.2. The molecule has 9 N–H and O–H groups in total. The summed E-state index contributed by atoms with van der Waals surface area (Å²) in [5, 5.41) is 87.1. The SMILES string of the molecule is CCCCCCCCCCCCCCCCCCCCCCCCCCCCCCCCCCCC(O)C(COC1OC(CO)C(OC2OC(CO)C(O)C(O)C2O)C(O)C1O)NC(=O)CCCCCCCCCCC. The summed E-state index contributed by atoms with van der Waals surface area (Å²) < 4.78 is 22.8. The second-order valence-electron chi connectivity index (χ2n) is 23.3. The van der Waals surface area contributed by atoms with Crippen molar-refractivity contribution in [1.29, 1.82) is 0 Å². The lowest BCUT2D eigenvalue weighted by Crippen LogP contribution is -2.65. The second-order valence-corrected chi connectivity index (χ2v) is 23.3. The number of carbonyl (C=O) groups is 1. The smallest absolute Gasteiger partial charge is 0.220 e. The molecule has 0 bridgehead atoms. The second kappa shape index (κ2) is 48.7. The number of aliphatic hydroxyl groups excluding tert-OH is 8. The molecule has 0 aromatic rings. The first-order chi connectivity index (χ1) is 37.1. The van der Waals surface area contributed by atoms with Crippen LogP contribution in [0.15, 0.2) is 0 Å². The summed E-state index contributed by atoms with van der Waals surface area (Å²) in [5.74, 6) is -0.205. The summed E-state index contributed by atoms with van der Waals surface area (Å²) in [7, 11) is 0. The van der Waals surface area contributed by atoms with Gasteiger partial charge in [-0.25, -0.2) is 0 Å². The average Bonchev–Trinajstić information content (AvgIpc) is 3.42. The van der Waals surface area contributed by atoms with E-state index in [0.29, 0.717) is 12.8 Å². The summed E-state index contributed by atoms with van der Waals surface area (Å²) in [4.78, 5) is 13.2. The molecule has 2 fully saturated rings. The molecule has 12 unspecified atom stereocenters. The van der Waals surface area contributed by atoms with E-state index < -0.39 is 86.8 Å². The minimum absolute atomic E-state index is 0.205. The Kier molecular flexibility index (Phi) is 45.5. The van der Waals surface area contributed by atoms with Crippen LogP contribution in [0, 0.1) is 0 Å². The summed E-state index contributed by atoms with van der Waals surface area (Å²) in [6, 6.07) is -0.821. The van der Waals surface area contributed by atoms with Crippen molar-refractivity contribution < 1.29 is 64.6 Å². The lowest BCUT2D eigenvalue weighted by Gasteiger charge is -2.46. The van der Waals surface area contributed by atoms with Gasteiger partial charge in [-0.2, -0.15) is 0 Å². The van der Waals surface area contributed by atoms with Crippen LogP contribution in [0.2, 0.25) is 0 Å². The van der Waals surface area contributed by atoms with Gasteiger partial charge in [0.2, 0.25) is 5.91 Å². The van der Waals surface area contributed by atoms with Crippen LogP contribution < -0.4 is 5.32 Å². The average molecular weight is 1090 g/mol. The molecule has 14 nitrogen and oxygen atoms in total. The van der Waals surface area contributed by atoms with Crippen LogP contribution in [0.1, 0.15) is 296 Å². The zero-order valence-corrected chi connectivity index (χ0v) is 48.8. The summed E-state index contributed by atoms with van der Waals surface area (Å²) in [6.45, 7) is 2.87. The molecule has 0 radical (unpaired) electrons. The molecular formula is C62H121NO13. The molecule has 14 heteroatoms. The van der Waals surface area contributed by atoms with Gasteiger partial charge >= 0.3 is 0 Å². The highest BCUT2D eigenvalue weighted by Crippen LogP contribution is 2.30. The van der Waals surface area contributed by atoms with Gasteiger partial charge < -0.3 is 65.1 Å². The number of aliphatic hydroxyl groups is 8. The number of ether oxygens (including phenoxy) is 4. The van der Waals surface area contributed by atoms with Crippen molar-refractivity contribution in [3.05, 3.63) is 0 Å². The fourth-order valence-electron chi connectivity index (χ4n) is 11.1. The van der Waals surface area contributed by atoms with Crippen molar-refractivity contribution in [3.8, 4) is 0 Å². The van der Waals surface area contributed by atoms with E-state index in [1.165, 1.54) is 218 Å². The number of amides is 1. The third-order valence-corrected chi connectivity index (χ3v) is 16.3. The fourth-order valence-corrected chi connectivity index (χ4v) is 11.1. The molecule has 0 aromatic carbocycles. The minimum Gasteiger partial charge on any atom is -0.394 e. The van der Waals surface area contributed by atoms with Gasteiger partial charge in [0.25, 0.3) is 0 Å². The Labute approximate surface area is 464 Å². The standard InChI is InChI=1S/C62H121NO13/c1-3-5-7-9-11-13-14-15-16-17-18-19-20-21-22-23-24-25-26-27-28-29-30-31-32-33-34-35-36-38-39-41-43-45-51(66)50(63-54(67)46-44-42-40-37-12-10-8-6-4-2)49-73-61-59(72)57(70)60(53(48-65)75-61)76-62-58(71)56(69)55(68)52(47-64)74-62/h50-53,55-62,64-66,68-72H,3-49H2,1-2H3,(H,63,67). The minimum atomic E-state index is -1.78. The van der Waals surface area contributed by atoms with Crippen LogP contribution in [0.4, 0.5) is 0 Å². The summed E-state index contributed by atoms with van der Waals surface area (Å²) >= 11 is 0. The number of carbonyl (C=O) groups excluding carboxylic acids is 1. The van der Waals surface area contributed by atoms with Crippen LogP contribution in [-0.2, 0) is 23.7 Å². The molecule has 0 aromatic heterocycles. The zero-order chi connectivity index (χ0) is 55.3. The van der Waals surface area contributed by atoms with Crippen molar-refractivity contribution in [2.24, 2.45) is 0 Å². The van der Waals surface area contributed by atoms with E-state index >= 15 is 0 Å². The number of rotatable bonds is 53. The molecule has 12 atom stereocenters. The molecule has 2 rings (SSSR count). The molecule has 0 saturated carbocycles. The topological polar surface area (TPSA) is 228 Å². The first kappa shape index (κ1) is 71.1. The zero-order valence-electron chi connectivity index (χ0n) is 48.8. The molecule has 2 aliphatic heterocycles. The van der Waals surface area contributed by atoms with E-state index in [0.717, 1.165) is 51.4 Å². The molecule has 2 aliphatic rings. The Bertz CT molecular complexity index is 1280. The molecule has 2 saturated heterocycles. The molecule has 0 aliphatic carbocycles. The van der Waals surface area contributed by atoms with Crippen molar-refractivity contribution in [2.75, 3.05) is 19.8 Å².